The first-order valence-corrected chi connectivity index (χ1v) is 14.2. The van der Waals surface area contributed by atoms with E-state index in [1.54, 1.807) is 4.68 Å². The molecule has 6 nitrogen and oxygen atoms in total. The van der Waals surface area contributed by atoms with Gasteiger partial charge in [0.05, 0.1) is 23.3 Å². The molecule has 7 aromatic rings. The summed E-state index contributed by atoms with van der Waals surface area (Å²) in [5.74, 6) is 1.61. The molecule has 5 aromatic carbocycles. The summed E-state index contributed by atoms with van der Waals surface area (Å²) < 4.78 is 10.1. The lowest BCUT2D eigenvalue weighted by Crippen LogP contribution is -2.00. The third kappa shape index (κ3) is 5.46. The number of para-hydroxylation sites is 1. The lowest BCUT2D eigenvalue weighted by atomic mass is 10.0. The number of benzene rings is 5. The minimum Gasteiger partial charge on any atom is -0.487 e. The van der Waals surface area contributed by atoms with Crippen LogP contribution in [0.25, 0.3) is 45.3 Å². The lowest BCUT2D eigenvalue weighted by Gasteiger charge is -2.14. The van der Waals surface area contributed by atoms with Crippen molar-refractivity contribution in [1.82, 2.24) is 24.5 Å². The Hall–Kier alpha value is -5.75. The average molecular weight is 560 g/mol. The average Bonchev–Trinajstić information content (AvgIpc) is 3.71. The molecule has 0 bridgehead atoms. The molecule has 0 aliphatic heterocycles. The predicted octanol–water partition coefficient (Wildman–Crippen LogP) is 8.34. The second-order valence-corrected chi connectivity index (χ2v) is 10.3. The van der Waals surface area contributed by atoms with E-state index in [0.717, 1.165) is 56.7 Å². The minimum atomic E-state index is 0.320. The van der Waals surface area contributed by atoms with Crippen molar-refractivity contribution in [3.63, 3.8) is 0 Å². The molecule has 0 radical (unpaired) electrons. The van der Waals surface area contributed by atoms with Gasteiger partial charge in [-0.1, -0.05) is 102 Å². The van der Waals surface area contributed by atoms with Gasteiger partial charge in [-0.3, -0.25) is 4.57 Å². The Kier molecular flexibility index (Phi) is 7.07. The van der Waals surface area contributed by atoms with Gasteiger partial charge >= 0.3 is 0 Å². The molecule has 0 saturated heterocycles. The van der Waals surface area contributed by atoms with E-state index in [2.05, 4.69) is 119 Å². The van der Waals surface area contributed by atoms with Gasteiger partial charge in [0, 0.05) is 22.4 Å². The van der Waals surface area contributed by atoms with E-state index < -0.39 is 0 Å². The summed E-state index contributed by atoms with van der Waals surface area (Å²) in [6.07, 6.45) is 1.89. The molecule has 0 fully saturated rings. The standard InChI is InChI=1S/C37H29N5O/c1-27-17-21-32(22-18-27)41-25-31(39-40-41)26-43-34-23-19-30(20-24-34)37-38-35(28-11-5-2-6-12-28)36(29-13-7-3-8-14-29)42(37)33-15-9-4-10-16-33/h2-25H,26H2,1H3. The Bertz CT molecular complexity index is 1940. The molecule has 43 heavy (non-hydrogen) atoms. The highest BCUT2D eigenvalue weighted by Gasteiger charge is 2.22. The normalized spacial score (nSPS) is 11.0. The van der Waals surface area contributed by atoms with Crippen LogP contribution in [0.4, 0.5) is 0 Å². The molecule has 208 valence electrons. The first kappa shape index (κ1) is 26.2. The fourth-order valence-corrected chi connectivity index (χ4v) is 5.15. The molecule has 0 aliphatic carbocycles. The van der Waals surface area contributed by atoms with Gasteiger partial charge in [-0.05, 0) is 55.5 Å². The predicted molar refractivity (Wildman–Crippen MR) is 170 cm³/mol. The summed E-state index contributed by atoms with van der Waals surface area (Å²) >= 11 is 0. The first-order valence-electron chi connectivity index (χ1n) is 14.2. The van der Waals surface area contributed by atoms with E-state index in [4.69, 9.17) is 9.72 Å². The summed E-state index contributed by atoms with van der Waals surface area (Å²) in [7, 11) is 0. The second-order valence-electron chi connectivity index (χ2n) is 10.3. The van der Waals surface area contributed by atoms with Crippen LogP contribution in [0.1, 0.15) is 11.3 Å². The molecule has 0 unspecified atom stereocenters. The second kappa shape index (κ2) is 11.6. The monoisotopic (exact) mass is 559 g/mol. The molecule has 7 rings (SSSR count). The lowest BCUT2D eigenvalue weighted by molar-refractivity contribution is 0.301. The molecule has 0 atom stereocenters. The van der Waals surface area contributed by atoms with Crippen LogP contribution in [0.2, 0.25) is 0 Å². The van der Waals surface area contributed by atoms with E-state index in [9.17, 15) is 0 Å². The Morgan fingerprint density at radius 2 is 1.23 bits per heavy atom. The van der Waals surface area contributed by atoms with Crippen LogP contribution >= 0.6 is 0 Å². The maximum atomic E-state index is 6.09. The van der Waals surface area contributed by atoms with Crippen molar-refractivity contribution in [2.24, 2.45) is 0 Å². The largest absolute Gasteiger partial charge is 0.487 e. The van der Waals surface area contributed by atoms with Gasteiger partial charge in [0.2, 0.25) is 0 Å². The Labute approximate surface area is 250 Å². The number of ether oxygens (including phenoxy) is 1. The maximum absolute atomic E-state index is 6.09. The fraction of sp³-hybridized carbons (Fsp3) is 0.0541. The summed E-state index contributed by atoms with van der Waals surface area (Å²) in [6, 6.07) is 47.4. The minimum absolute atomic E-state index is 0.320. The van der Waals surface area contributed by atoms with Crippen LogP contribution in [0.5, 0.6) is 5.75 Å². The van der Waals surface area contributed by atoms with Gasteiger partial charge in [0.1, 0.15) is 23.9 Å². The SMILES string of the molecule is Cc1ccc(-n2cc(COc3ccc(-c4nc(-c5ccccc5)c(-c5ccccc5)n4-c4ccccc4)cc3)nn2)cc1. The third-order valence-corrected chi connectivity index (χ3v) is 7.32. The van der Waals surface area contributed by atoms with Gasteiger partial charge in [-0.2, -0.15) is 0 Å². The van der Waals surface area contributed by atoms with Crippen LogP contribution in [0, 0.1) is 6.92 Å². The summed E-state index contributed by atoms with van der Waals surface area (Å²) in [5.41, 5.74) is 9.10. The van der Waals surface area contributed by atoms with E-state index in [1.807, 2.05) is 48.7 Å². The van der Waals surface area contributed by atoms with Crippen molar-refractivity contribution in [1.29, 1.82) is 0 Å². The van der Waals surface area contributed by atoms with Crippen molar-refractivity contribution in [2.45, 2.75) is 13.5 Å². The topological polar surface area (TPSA) is 57.8 Å². The molecule has 0 N–H and O–H groups in total. The maximum Gasteiger partial charge on any atom is 0.145 e. The Balaban J connectivity index is 1.22. The highest BCUT2D eigenvalue weighted by Crippen LogP contribution is 2.38. The molecule has 0 aliphatic rings. The number of aryl methyl sites for hydroxylation is 1. The quantitative estimate of drug-likeness (QED) is 0.188. The molecular formula is C37H29N5O. The molecule has 2 aromatic heterocycles. The van der Waals surface area contributed by atoms with Gasteiger partial charge < -0.3 is 4.74 Å². The van der Waals surface area contributed by atoms with E-state index in [1.165, 1.54) is 5.56 Å². The summed E-state index contributed by atoms with van der Waals surface area (Å²) in [5, 5.41) is 8.54. The van der Waals surface area contributed by atoms with Crippen molar-refractivity contribution < 1.29 is 4.74 Å². The van der Waals surface area contributed by atoms with Gasteiger partial charge in [0.15, 0.2) is 0 Å². The van der Waals surface area contributed by atoms with Crippen LogP contribution < -0.4 is 4.74 Å². The van der Waals surface area contributed by atoms with E-state index in [-0.39, 0.29) is 0 Å². The van der Waals surface area contributed by atoms with Crippen LogP contribution in [0.3, 0.4) is 0 Å². The van der Waals surface area contributed by atoms with E-state index >= 15 is 0 Å². The zero-order chi connectivity index (χ0) is 29.0. The highest BCUT2D eigenvalue weighted by atomic mass is 16.5. The van der Waals surface area contributed by atoms with Crippen molar-refractivity contribution >= 4 is 0 Å². The molecule has 2 heterocycles. The van der Waals surface area contributed by atoms with Crippen LogP contribution in [-0.2, 0) is 6.61 Å². The Morgan fingerprint density at radius 3 is 1.91 bits per heavy atom. The first-order chi connectivity index (χ1) is 21.2. The number of aromatic nitrogens is 5. The number of hydrogen-bond donors (Lipinski definition) is 0. The highest BCUT2D eigenvalue weighted by molar-refractivity contribution is 5.84. The van der Waals surface area contributed by atoms with Gasteiger partial charge in [0.25, 0.3) is 0 Å². The third-order valence-electron chi connectivity index (χ3n) is 7.32. The van der Waals surface area contributed by atoms with Crippen LogP contribution in [-0.4, -0.2) is 24.5 Å². The molecule has 0 saturated carbocycles. The molecule has 6 heteroatoms. The number of nitrogens with zero attached hydrogens (tertiary/aromatic N) is 5. The number of hydrogen-bond acceptors (Lipinski definition) is 4. The fourth-order valence-electron chi connectivity index (χ4n) is 5.15. The zero-order valence-corrected chi connectivity index (χ0v) is 23.7. The Morgan fingerprint density at radius 1 is 0.605 bits per heavy atom. The van der Waals surface area contributed by atoms with Crippen LogP contribution in [0.15, 0.2) is 146 Å². The smallest absolute Gasteiger partial charge is 0.145 e. The number of imidazole rings is 1. The van der Waals surface area contributed by atoms with Gasteiger partial charge in [-0.15, -0.1) is 5.10 Å². The number of rotatable bonds is 8. The summed E-state index contributed by atoms with van der Waals surface area (Å²) in [6.45, 7) is 2.38. The molecule has 0 spiro atoms. The van der Waals surface area contributed by atoms with Crippen molar-refractivity contribution in [3.8, 4) is 51.0 Å². The summed E-state index contributed by atoms with van der Waals surface area (Å²) in [4.78, 5) is 5.26. The molecule has 0 amide bonds. The van der Waals surface area contributed by atoms with Crippen molar-refractivity contribution in [2.75, 3.05) is 0 Å². The zero-order valence-electron chi connectivity index (χ0n) is 23.7. The van der Waals surface area contributed by atoms with Gasteiger partial charge in [-0.25, -0.2) is 9.67 Å². The molecular weight excluding hydrogens is 530 g/mol. The van der Waals surface area contributed by atoms with E-state index in [0.29, 0.717) is 6.61 Å². The van der Waals surface area contributed by atoms with Crippen molar-refractivity contribution in [3.05, 3.63) is 157 Å².